The molecule has 0 saturated carbocycles. The fourth-order valence-electron chi connectivity index (χ4n) is 1.66. The molecule has 0 radical (unpaired) electrons. The van der Waals surface area contributed by atoms with Gasteiger partial charge in [-0.3, -0.25) is 0 Å². The Labute approximate surface area is 97.0 Å². The summed E-state index contributed by atoms with van der Waals surface area (Å²) in [7, 11) is 3.33. The zero-order chi connectivity index (χ0) is 12.0. The van der Waals surface area contributed by atoms with E-state index in [1.54, 1.807) is 21.1 Å². The molecule has 3 heteroatoms. The zero-order valence-corrected chi connectivity index (χ0v) is 10.1. The topological polar surface area (TPSA) is 38.7 Å². The minimum Gasteiger partial charge on any atom is -0.393 e. The number of rotatable bonds is 6. The summed E-state index contributed by atoms with van der Waals surface area (Å²) in [5.74, 6) is 0. The third-order valence-corrected chi connectivity index (χ3v) is 2.49. The van der Waals surface area contributed by atoms with E-state index in [-0.39, 0.29) is 12.2 Å². The molecule has 0 aromatic heterocycles. The van der Waals surface area contributed by atoms with Crippen LogP contribution in [0.5, 0.6) is 0 Å². The Balaban J connectivity index is 2.69. The fraction of sp³-hybridized carbons (Fsp3) is 0.538. The molecular weight excluding hydrogens is 204 g/mol. The molecule has 0 aliphatic rings. The third-order valence-electron chi connectivity index (χ3n) is 2.49. The molecule has 3 nitrogen and oxygen atoms in total. The molecule has 0 bridgehead atoms. The summed E-state index contributed by atoms with van der Waals surface area (Å²) >= 11 is 0. The first-order chi connectivity index (χ1) is 7.67. The van der Waals surface area contributed by atoms with Crippen molar-refractivity contribution in [2.75, 3.05) is 20.8 Å². The first-order valence-corrected chi connectivity index (χ1v) is 5.46. The van der Waals surface area contributed by atoms with E-state index in [2.05, 4.69) is 0 Å². The molecule has 0 heterocycles. The van der Waals surface area contributed by atoms with Gasteiger partial charge in [-0.2, -0.15) is 0 Å². The number of benzene rings is 1. The number of hydrogen-bond acceptors (Lipinski definition) is 3. The average Bonchev–Trinajstić information content (AvgIpc) is 2.26. The smallest absolute Gasteiger partial charge is 0.105 e. The maximum Gasteiger partial charge on any atom is 0.105 e. The molecule has 1 rings (SSSR count). The molecular formula is C13H20O3. The van der Waals surface area contributed by atoms with Gasteiger partial charge in [0.25, 0.3) is 0 Å². The maximum atomic E-state index is 9.27. The van der Waals surface area contributed by atoms with Crippen molar-refractivity contribution in [2.24, 2.45) is 0 Å². The lowest BCUT2D eigenvalue weighted by Gasteiger charge is -2.15. The molecule has 0 spiro atoms. The highest BCUT2D eigenvalue weighted by Gasteiger charge is 2.09. The van der Waals surface area contributed by atoms with Crippen LogP contribution in [0.2, 0.25) is 0 Å². The second-order valence-electron chi connectivity index (χ2n) is 3.97. The molecule has 2 atom stereocenters. The van der Waals surface area contributed by atoms with Gasteiger partial charge < -0.3 is 14.6 Å². The Morgan fingerprint density at radius 2 is 1.81 bits per heavy atom. The summed E-state index contributed by atoms with van der Waals surface area (Å²) in [4.78, 5) is 0. The van der Waals surface area contributed by atoms with Crippen LogP contribution in [0.1, 0.15) is 24.2 Å². The van der Waals surface area contributed by atoms with Gasteiger partial charge in [0.15, 0.2) is 0 Å². The lowest BCUT2D eigenvalue weighted by Crippen LogP contribution is -2.09. The SMILES string of the molecule is COCC(OC)c1ccc(CC(C)O)cc1. The highest BCUT2D eigenvalue weighted by atomic mass is 16.5. The minimum absolute atomic E-state index is 0.0226. The van der Waals surface area contributed by atoms with Crippen molar-refractivity contribution in [1.29, 1.82) is 0 Å². The quantitative estimate of drug-likeness (QED) is 0.802. The second-order valence-corrected chi connectivity index (χ2v) is 3.97. The average molecular weight is 224 g/mol. The fourth-order valence-corrected chi connectivity index (χ4v) is 1.66. The number of aliphatic hydroxyl groups excluding tert-OH is 1. The normalized spacial score (nSPS) is 14.8. The number of ether oxygens (including phenoxy) is 2. The van der Waals surface area contributed by atoms with Crippen LogP contribution in [0.25, 0.3) is 0 Å². The summed E-state index contributed by atoms with van der Waals surface area (Å²) < 4.78 is 10.4. The molecule has 2 unspecified atom stereocenters. The predicted octanol–water partition coefficient (Wildman–Crippen LogP) is 1.94. The van der Waals surface area contributed by atoms with Crippen LogP contribution < -0.4 is 0 Å². The van der Waals surface area contributed by atoms with Crippen LogP contribution in [0, 0.1) is 0 Å². The molecule has 90 valence electrons. The van der Waals surface area contributed by atoms with E-state index in [0.717, 1.165) is 11.1 Å². The summed E-state index contributed by atoms with van der Waals surface area (Å²) in [6.07, 6.45) is 0.357. The van der Waals surface area contributed by atoms with Crippen molar-refractivity contribution >= 4 is 0 Å². The van der Waals surface area contributed by atoms with Gasteiger partial charge >= 0.3 is 0 Å². The summed E-state index contributed by atoms with van der Waals surface area (Å²) in [5.41, 5.74) is 2.23. The van der Waals surface area contributed by atoms with E-state index in [1.165, 1.54) is 0 Å². The van der Waals surface area contributed by atoms with Crippen LogP contribution in [0.4, 0.5) is 0 Å². The highest BCUT2D eigenvalue weighted by Crippen LogP contribution is 2.18. The van der Waals surface area contributed by atoms with E-state index >= 15 is 0 Å². The molecule has 0 aliphatic heterocycles. The third kappa shape index (κ3) is 3.93. The van der Waals surface area contributed by atoms with Crippen molar-refractivity contribution < 1.29 is 14.6 Å². The molecule has 0 amide bonds. The minimum atomic E-state index is -0.303. The van der Waals surface area contributed by atoms with Gasteiger partial charge in [-0.05, 0) is 24.5 Å². The Bertz CT molecular complexity index is 293. The Hall–Kier alpha value is -0.900. The van der Waals surface area contributed by atoms with Gasteiger partial charge in [0.1, 0.15) is 6.10 Å². The van der Waals surface area contributed by atoms with Crippen molar-refractivity contribution in [3.63, 3.8) is 0 Å². The largest absolute Gasteiger partial charge is 0.393 e. The molecule has 0 aliphatic carbocycles. The highest BCUT2D eigenvalue weighted by molar-refractivity contribution is 5.24. The van der Waals surface area contributed by atoms with Gasteiger partial charge in [-0.1, -0.05) is 24.3 Å². The van der Waals surface area contributed by atoms with Crippen LogP contribution in [-0.4, -0.2) is 32.0 Å². The van der Waals surface area contributed by atoms with E-state index in [0.29, 0.717) is 13.0 Å². The van der Waals surface area contributed by atoms with Gasteiger partial charge in [0.2, 0.25) is 0 Å². The summed E-state index contributed by atoms with van der Waals surface area (Å²) in [5, 5.41) is 9.27. The number of aliphatic hydroxyl groups is 1. The molecule has 0 saturated heterocycles. The van der Waals surface area contributed by atoms with Gasteiger partial charge in [-0.15, -0.1) is 0 Å². The van der Waals surface area contributed by atoms with E-state index in [1.807, 2.05) is 24.3 Å². The van der Waals surface area contributed by atoms with Gasteiger partial charge in [-0.25, -0.2) is 0 Å². The lowest BCUT2D eigenvalue weighted by atomic mass is 10.0. The Morgan fingerprint density at radius 1 is 1.19 bits per heavy atom. The number of methoxy groups -OCH3 is 2. The van der Waals surface area contributed by atoms with E-state index < -0.39 is 0 Å². The maximum absolute atomic E-state index is 9.27. The van der Waals surface area contributed by atoms with Crippen molar-refractivity contribution in [2.45, 2.75) is 25.6 Å². The van der Waals surface area contributed by atoms with Crippen molar-refractivity contribution in [3.8, 4) is 0 Å². The van der Waals surface area contributed by atoms with Crippen LogP contribution >= 0.6 is 0 Å². The molecule has 1 aromatic carbocycles. The molecule has 1 aromatic rings. The summed E-state index contributed by atoms with van der Waals surface area (Å²) in [6.45, 7) is 2.34. The van der Waals surface area contributed by atoms with Gasteiger partial charge in [0, 0.05) is 14.2 Å². The lowest BCUT2D eigenvalue weighted by molar-refractivity contribution is 0.0275. The first-order valence-electron chi connectivity index (χ1n) is 5.46. The van der Waals surface area contributed by atoms with Crippen LogP contribution in [0.3, 0.4) is 0 Å². The van der Waals surface area contributed by atoms with Gasteiger partial charge in [0.05, 0.1) is 12.7 Å². The second kappa shape index (κ2) is 6.63. The number of hydrogen-bond donors (Lipinski definition) is 1. The van der Waals surface area contributed by atoms with Crippen LogP contribution in [-0.2, 0) is 15.9 Å². The van der Waals surface area contributed by atoms with E-state index in [9.17, 15) is 5.11 Å². The Morgan fingerprint density at radius 3 is 2.25 bits per heavy atom. The van der Waals surface area contributed by atoms with Crippen molar-refractivity contribution in [3.05, 3.63) is 35.4 Å². The standard InChI is InChI=1S/C13H20O3/c1-10(14)8-11-4-6-12(7-5-11)13(16-3)9-15-2/h4-7,10,13-14H,8-9H2,1-3H3. The molecule has 16 heavy (non-hydrogen) atoms. The zero-order valence-electron chi connectivity index (χ0n) is 10.1. The first kappa shape index (κ1) is 13.2. The molecule has 1 N–H and O–H groups in total. The predicted molar refractivity (Wildman–Crippen MR) is 63.5 cm³/mol. The van der Waals surface area contributed by atoms with Crippen molar-refractivity contribution in [1.82, 2.24) is 0 Å². The monoisotopic (exact) mass is 224 g/mol. The summed E-state index contributed by atoms with van der Waals surface area (Å²) in [6, 6.07) is 8.07. The van der Waals surface area contributed by atoms with E-state index in [4.69, 9.17) is 9.47 Å². The molecule has 0 fully saturated rings. The Kier molecular flexibility index (Phi) is 5.46. The van der Waals surface area contributed by atoms with Crippen LogP contribution in [0.15, 0.2) is 24.3 Å².